The van der Waals surface area contributed by atoms with E-state index in [1.807, 2.05) is 42.3 Å². The van der Waals surface area contributed by atoms with Crippen molar-refractivity contribution in [2.75, 3.05) is 17.7 Å². The fraction of sp³-hybridized carbons (Fsp3) is 0.143. The fourth-order valence-electron chi connectivity index (χ4n) is 1.83. The van der Waals surface area contributed by atoms with Crippen molar-refractivity contribution in [3.05, 3.63) is 58.3 Å². The molecule has 18 heavy (non-hydrogen) atoms. The lowest BCUT2D eigenvalue weighted by Gasteiger charge is -2.21. The molecule has 0 bridgehead atoms. The third-order valence-electron chi connectivity index (χ3n) is 2.77. The van der Waals surface area contributed by atoms with Crippen molar-refractivity contribution < 1.29 is 4.39 Å². The van der Waals surface area contributed by atoms with E-state index in [9.17, 15) is 4.39 Å². The maximum Gasteiger partial charge on any atom is 0.129 e. The summed E-state index contributed by atoms with van der Waals surface area (Å²) < 4.78 is 14.5. The highest BCUT2D eigenvalue weighted by atomic mass is 79.9. The summed E-state index contributed by atoms with van der Waals surface area (Å²) in [5.74, 6) is -0.217. The number of halogens is 2. The molecule has 0 heterocycles. The van der Waals surface area contributed by atoms with Crippen LogP contribution in [-0.2, 0) is 6.54 Å². The average Bonchev–Trinajstić information content (AvgIpc) is 2.33. The van der Waals surface area contributed by atoms with E-state index in [2.05, 4.69) is 15.9 Å². The van der Waals surface area contributed by atoms with Crippen LogP contribution < -0.4 is 10.6 Å². The molecule has 94 valence electrons. The molecule has 0 saturated carbocycles. The predicted octanol–water partition coefficient (Wildman–Crippen LogP) is 3.81. The summed E-state index contributed by atoms with van der Waals surface area (Å²) in [7, 11) is 1.90. The quantitative estimate of drug-likeness (QED) is 0.874. The smallest absolute Gasteiger partial charge is 0.129 e. The van der Waals surface area contributed by atoms with Crippen molar-refractivity contribution in [3.8, 4) is 0 Å². The van der Waals surface area contributed by atoms with Crippen molar-refractivity contribution >= 4 is 27.3 Å². The van der Waals surface area contributed by atoms with Gasteiger partial charge < -0.3 is 10.6 Å². The van der Waals surface area contributed by atoms with Gasteiger partial charge in [-0.1, -0.05) is 34.1 Å². The van der Waals surface area contributed by atoms with E-state index in [0.29, 0.717) is 17.8 Å². The van der Waals surface area contributed by atoms with Gasteiger partial charge >= 0.3 is 0 Å². The zero-order valence-electron chi connectivity index (χ0n) is 10.0. The lowest BCUT2D eigenvalue weighted by atomic mass is 10.2. The molecule has 2 aromatic carbocycles. The highest BCUT2D eigenvalue weighted by Gasteiger charge is 2.08. The van der Waals surface area contributed by atoms with Crippen LogP contribution in [0.1, 0.15) is 5.56 Å². The Hall–Kier alpha value is -1.55. The third-order valence-corrected chi connectivity index (χ3v) is 3.26. The minimum atomic E-state index is -0.217. The van der Waals surface area contributed by atoms with E-state index >= 15 is 0 Å². The van der Waals surface area contributed by atoms with Crippen LogP contribution >= 0.6 is 15.9 Å². The molecule has 0 aliphatic rings. The molecule has 2 nitrogen and oxygen atoms in total. The highest BCUT2D eigenvalue weighted by Crippen LogP contribution is 2.24. The molecule has 0 aromatic heterocycles. The van der Waals surface area contributed by atoms with Gasteiger partial charge in [-0.25, -0.2) is 4.39 Å². The topological polar surface area (TPSA) is 29.3 Å². The van der Waals surface area contributed by atoms with E-state index in [1.165, 1.54) is 6.07 Å². The fourth-order valence-corrected chi connectivity index (χ4v) is 2.16. The van der Waals surface area contributed by atoms with Crippen molar-refractivity contribution in [2.24, 2.45) is 0 Å². The Bertz CT molecular complexity index is 557. The number of hydrogen-bond donors (Lipinski definition) is 1. The zero-order chi connectivity index (χ0) is 13.1. The molecular weight excluding hydrogens is 295 g/mol. The van der Waals surface area contributed by atoms with Crippen LogP contribution in [-0.4, -0.2) is 7.05 Å². The molecule has 0 atom stereocenters. The van der Waals surface area contributed by atoms with E-state index in [-0.39, 0.29) is 5.82 Å². The molecule has 0 radical (unpaired) electrons. The number of rotatable bonds is 3. The Labute approximate surface area is 114 Å². The zero-order valence-corrected chi connectivity index (χ0v) is 11.6. The molecule has 2 aromatic rings. The van der Waals surface area contributed by atoms with Crippen LogP contribution in [0.15, 0.2) is 46.9 Å². The first kappa shape index (κ1) is 12.9. The maximum absolute atomic E-state index is 13.7. The summed E-state index contributed by atoms with van der Waals surface area (Å²) in [4.78, 5) is 1.93. The monoisotopic (exact) mass is 308 g/mol. The van der Waals surface area contributed by atoms with E-state index in [0.717, 1.165) is 10.2 Å². The maximum atomic E-state index is 13.7. The molecule has 0 fully saturated rings. The first-order valence-electron chi connectivity index (χ1n) is 5.57. The van der Waals surface area contributed by atoms with Gasteiger partial charge in [-0.15, -0.1) is 0 Å². The van der Waals surface area contributed by atoms with Crippen LogP contribution in [0.4, 0.5) is 15.8 Å². The van der Waals surface area contributed by atoms with Crippen LogP contribution in [0, 0.1) is 5.82 Å². The Kier molecular flexibility index (Phi) is 3.87. The van der Waals surface area contributed by atoms with Gasteiger partial charge in [-0.05, 0) is 24.3 Å². The summed E-state index contributed by atoms with van der Waals surface area (Å²) >= 11 is 3.25. The Morgan fingerprint density at radius 3 is 2.61 bits per heavy atom. The van der Waals surface area contributed by atoms with Gasteiger partial charge in [0, 0.05) is 23.6 Å². The van der Waals surface area contributed by atoms with Gasteiger partial charge in [0.2, 0.25) is 0 Å². The van der Waals surface area contributed by atoms with Gasteiger partial charge in [-0.2, -0.15) is 0 Å². The lowest BCUT2D eigenvalue weighted by molar-refractivity contribution is 0.607. The second-order valence-corrected chi connectivity index (χ2v) is 5.07. The van der Waals surface area contributed by atoms with Crippen LogP contribution in [0.3, 0.4) is 0 Å². The first-order chi connectivity index (χ1) is 8.58. The van der Waals surface area contributed by atoms with Crippen LogP contribution in [0.25, 0.3) is 0 Å². The first-order valence-corrected chi connectivity index (χ1v) is 6.37. The molecule has 2 rings (SSSR count). The van der Waals surface area contributed by atoms with E-state index in [4.69, 9.17) is 5.73 Å². The number of anilines is 2. The number of hydrogen-bond acceptors (Lipinski definition) is 2. The van der Waals surface area contributed by atoms with Gasteiger partial charge in [0.15, 0.2) is 0 Å². The van der Waals surface area contributed by atoms with Crippen molar-refractivity contribution in [3.63, 3.8) is 0 Å². The van der Waals surface area contributed by atoms with Crippen molar-refractivity contribution in [2.45, 2.75) is 6.54 Å². The number of nitrogens with two attached hydrogens (primary N) is 1. The summed E-state index contributed by atoms with van der Waals surface area (Å²) in [6.07, 6.45) is 0. The normalized spacial score (nSPS) is 10.4. The van der Waals surface area contributed by atoms with E-state index in [1.54, 1.807) is 6.07 Å². The Balaban J connectivity index is 2.21. The molecule has 0 aliphatic carbocycles. The molecule has 0 spiro atoms. The standard InChI is InChI=1S/C14H14BrFN2/c1-18(14-5-3-2-4-13(14)17)9-10-6-7-11(15)8-12(10)16/h2-8H,9,17H2,1H3. The Morgan fingerprint density at radius 1 is 1.22 bits per heavy atom. The van der Waals surface area contributed by atoms with E-state index < -0.39 is 0 Å². The number of benzene rings is 2. The molecule has 4 heteroatoms. The molecular formula is C14H14BrFN2. The third kappa shape index (κ3) is 2.82. The van der Waals surface area contributed by atoms with Gasteiger partial charge in [0.1, 0.15) is 5.82 Å². The summed E-state index contributed by atoms with van der Waals surface area (Å²) in [5, 5.41) is 0. The Morgan fingerprint density at radius 2 is 1.94 bits per heavy atom. The average molecular weight is 309 g/mol. The summed E-state index contributed by atoms with van der Waals surface area (Å²) in [6.45, 7) is 0.479. The molecule has 0 aliphatic heterocycles. The van der Waals surface area contributed by atoms with Gasteiger partial charge in [0.05, 0.1) is 11.4 Å². The minimum Gasteiger partial charge on any atom is -0.397 e. The van der Waals surface area contributed by atoms with Crippen LogP contribution in [0.5, 0.6) is 0 Å². The lowest BCUT2D eigenvalue weighted by Crippen LogP contribution is -2.18. The SMILES string of the molecule is CN(Cc1ccc(Br)cc1F)c1ccccc1N. The second-order valence-electron chi connectivity index (χ2n) is 4.15. The number of nitrogen functional groups attached to an aromatic ring is 1. The minimum absolute atomic E-state index is 0.217. The molecule has 0 saturated heterocycles. The van der Waals surface area contributed by atoms with Gasteiger partial charge in [0.25, 0.3) is 0 Å². The number of nitrogens with zero attached hydrogens (tertiary/aromatic N) is 1. The highest BCUT2D eigenvalue weighted by molar-refractivity contribution is 9.10. The predicted molar refractivity (Wildman–Crippen MR) is 77.1 cm³/mol. The second kappa shape index (κ2) is 5.40. The number of para-hydroxylation sites is 2. The summed E-state index contributed by atoms with van der Waals surface area (Å²) in [5.41, 5.74) is 8.13. The molecule has 0 unspecified atom stereocenters. The van der Waals surface area contributed by atoms with Crippen molar-refractivity contribution in [1.82, 2.24) is 0 Å². The summed E-state index contributed by atoms with van der Waals surface area (Å²) in [6, 6.07) is 12.6. The largest absolute Gasteiger partial charge is 0.397 e. The van der Waals surface area contributed by atoms with Crippen molar-refractivity contribution in [1.29, 1.82) is 0 Å². The molecule has 0 amide bonds. The van der Waals surface area contributed by atoms with Crippen LogP contribution in [0.2, 0.25) is 0 Å². The van der Waals surface area contributed by atoms with Gasteiger partial charge in [-0.3, -0.25) is 0 Å². The molecule has 2 N–H and O–H groups in total.